The number of halogens is 3. The molecule has 2 N–H and O–H groups in total. The zero-order valence-corrected chi connectivity index (χ0v) is 9.81. The number of nitro groups is 1. The molecule has 0 spiro atoms. The molecule has 10 heteroatoms. The minimum atomic E-state index is -4.67. The van der Waals surface area contributed by atoms with Crippen LogP contribution in [0.2, 0.25) is 0 Å². The van der Waals surface area contributed by atoms with Crippen molar-refractivity contribution in [2.75, 3.05) is 5.32 Å². The first-order valence-electron chi connectivity index (χ1n) is 5.30. The number of alkyl halides is 3. The highest BCUT2D eigenvalue weighted by Crippen LogP contribution is 2.32. The van der Waals surface area contributed by atoms with Gasteiger partial charge in [0.15, 0.2) is 0 Å². The minimum absolute atomic E-state index is 0.0716. The molecule has 20 heavy (non-hydrogen) atoms. The van der Waals surface area contributed by atoms with E-state index < -0.39 is 22.5 Å². The maximum atomic E-state index is 12.5. The van der Waals surface area contributed by atoms with E-state index in [9.17, 15) is 23.3 Å². The Hall–Kier alpha value is -2.65. The molecule has 0 unspecified atom stereocenters. The molecule has 7 nitrogen and oxygen atoms in total. The molecule has 0 fully saturated rings. The summed E-state index contributed by atoms with van der Waals surface area (Å²) in [6.45, 7) is 0.0716. The first kappa shape index (κ1) is 13.8. The highest BCUT2D eigenvalue weighted by Gasteiger charge is 2.34. The summed E-state index contributed by atoms with van der Waals surface area (Å²) in [5.41, 5.74) is -1.41. The van der Waals surface area contributed by atoms with Crippen LogP contribution in [0.3, 0.4) is 0 Å². The predicted octanol–water partition coefficient (Wildman–Crippen LogP) is 2.34. The van der Waals surface area contributed by atoms with Gasteiger partial charge in [-0.05, 0) is 6.07 Å². The van der Waals surface area contributed by atoms with Crippen molar-refractivity contribution >= 4 is 11.4 Å². The van der Waals surface area contributed by atoms with Crippen LogP contribution in [-0.2, 0) is 12.7 Å². The van der Waals surface area contributed by atoms with Gasteiger partial charge in [-0.3, -0.25) is 10.1 Å². The zero-order valence-electron chi connectivity index (χ0n) is 9.81. The normalized spacial score (nSPS) is 11.3. The highest BCUT2D eigenvalue weighted by molar-refractivity contribution is 5.61. The number of anilines is 1. The third-order valence-corrected chi connectivity index (χ3v) is 2.39. The Labute approximate surface area is 110 Å². The molecule has 0 aromatic carbocycles. The van der Waals surface area contributed by atoms with E-state index in [4.69, 9.17) is 0 Å². The molecule has 0 saturated heterocycles. The van der Waals surface area contributed by atoms with Gasteiger partial charge in [-0.25, -0.2) is 9.97 Å². The van der Waals surface area contributed by atoms with Crippen LogP contribution in [0.5, 0.6) is 0 Å². The van der Waals surface area contributed by atoms with E-state index in [2.05, 4.69) is 20.3 Å². The van der Waals surface area contributed by atoms with Crippen LogP contribution < -0.4 is 5.32 Å². The number of aromatic nitrogens is 3. The van der Waals surface area contributed by atoms with Gasteiger partial charge in [0.05, 0.1) is 23.5 Å². The molecule has 2 rings (SSSR count). The maximum Gasteiger partial charge on any atom is 0.433 e. The molecule has 0 bridgehead atoms. The van der Waals surface area contributed by atoms with Crippen LogP contribution in [0.1, 0.15) is 11.4 Å². The van der Waals surface area contributed by atoms with E-state index in [1.807, 2.05) is 0 Å². The Morgan fingerprint density at radius 2 is 2.15 bits per heavy atom. The van der Waals surface area contributed by atoms with Crippen molar-refractivity contribution in [2.24, 2.45) is 0 Å². The van der Waals surface area contributed by atoms with Crippen molar-refractivity contribution in [2.45, 2.75) is 12.7 Å². The molecule has 0 aliphatic carbocycles. The van der Waals surface area contributed by atoms with E-state index >= 15 is 0 Å². The van der Waals surface area contributed by atoms with E-state index in [-0.39, 0.29) is 12.2 Å². The first-order chi connectivity index (χ1) is 9.38. The average Bonchev–Trinajstić information content (AvgIpc) is 2.87. The monoisotopic (exact) mass is 287 g/mol. The molecule has 0 saturated carbocycles. The second-order valence-electron chi connectivity index (χ2n) is 3.77. The van der Waals surface area contributed by atoms with Gasteiger partial charge >= 0.3 is 11.9 Å². The SMILES string of the molecule is O=[N+]([O-])c1cnc(C(F)(F)F)cc1NCc1cnc[nH]1. The number of aromatic amines is 1. The molecular weight excluding hydrogens is 279 g/mol. The highest BCUT2D eigenvalue weighted by atomic mass is 19.4. The van der Waals surface area contributed by atoms with Gasteiger partial charge in [0, 0.05) is 6.20 Å². The summed E-state index contributed by atoms with van der Waals surface area (Å²) in [5.74, 6) is 0. The number of nitrogens with one attached hydrogen (secondary N) is 2. The molecule has 0 atom stereocenters. The van der Waals surface area contributed by atoms with Crippen molar-refractivity contribution < 1.29 is 18.1 Å². The van der Waals surface area contributed by atoms with E-state index in [0.29, 0.717) is 18.0 Å². The lowest BCUT2D eigenvalue weighted by molar-refractivity contribution is -0.384. The first-order valence-corrected chi connectivity index (χ1v) is 5.30. The Morgan fingerprint density at radius 3 is 2.70 bits per heavy atom. The zero-order chi connectivity index (χ0) is 14.8. The number of nitrogens with zero attached hydrogens (tertiary/aromatic N) is 3. The fourth-order valence-electron chi connectivity index (χ4n) is 1.46. The van der Waals surface area contributed by atoms with Crippen molar-refractivity contribution in [3.63, 3.8) is 0 Å². The van der Waals surface area contributed by atoms with Gasteiger partial charge in [-0.2, -0.15) is 13.2 Å². The van der Waals surface area contributed by atoms with Gasteiger partial charge in [-0.15, -0.1) is 0 Å². The summed E-state index contributed by atoms with van der Waals surface area (Å²) < 4.78 is 37.6. The number of rotatable bonds is 4. The minimum Gasteiger partial charge on any atom is -0.374 e. The Balaban J connectivity index is 2.29. The summed E-state index contributed by atoms with van der Waals surface area (Å²) in [6.07, 6.45) is -1.25. The Bertz CT molecular complexity index is 612. The number of hydrogen-bond acceptors (Lipinski definition) is 5. The van der Waals surface area contributed by atoms with Crippen molar-refractivity contribution in [1.82, 2.24) is 15.0 Å². The average molecular weight is 287 g/mol. The van der Waals surface area contributed by atoms with Crippen LogP contribution in [0, 0.1) is 10.1 Å². The van der Waals surface area contributed by atoms with E-state index in [1.54, 1.807) is 0 Å². The second-order valence-corrected chi connectivity index (χ2v) is 3.77. The molecule has 2 aromatic heterocycles. The van der Waals surface area contributed by atoms with Crippen LogP contribution >= 0.6 is 0 Å². The quantitative estimate of drug-likeness (QED) is 0.664. The Morgan fingerprint density at radius 1 is 1.40 bits per heavy atom. The summed E-state index contributed by atoms with van der Waals surface area (Å²) in [6, 6.07) is 0.606. The number of pyridine rings is 1. The van der Waals surface area contributed by atoms with Gasteiger partial charge in [0.25, 0.3) is 0 Å². The third-order valence-electron chi connectivity index (χ3n) is 2.39. The van der Waals surface area contributed by atoms with Gasteiger partial charge in [-0.1, -0.05) is 0 Å². The molecule has 0 aliphatic heterocycles. The van der Waals surface area contributed by atoms with Crippen LogP contribution in [0.25, 0.3) is 0 Å². The summed E-state index contributed by atoms with van der Waals surface area (Å²) in [4.78, 5) is 19.5. The number of H-pyrrole nitrogens is 1. The molecular formula is C10H8F3N5O2. The van der Waals surface area contributed by atoms with Crippen molar-refractivity contribution in [3.05, 3.63) is 46.3 Å². The number of hydrogen-bond donors (Lipinski definition) is 2. The lowest BCUT2D eigenvalue weighted by atomic mass is 10.2. The van der Waals surface area contributed by atoms with Crippen molar-refractivity contribution in [1.29, 1.82) is 0 Å². The molecule has 0 radical (unpaired) electrons. The predicted molar refractivity (Wildman–Crippen MR) is 61.8 cm³/mol. The van der Waals surface area contributed by atoms with E-state index in [1.165, 1.54) is 12.5 Å². The molecule has 2 aromatic rings. The fourth-order valence-corrected chi connectivity index (χ4v) is 1.46. The fraction of sp³-hybridized carbons (Fsp3) is 0.200. The van der Waals surface area contributed by atoms with Gasteiger partial charge < -0.3 is 10.3 Å². The summed E-state index contributed by atoms with van der Waals surface area (Å²) in [7, 11) is 0. The topological polar surface area (TPSA) is 96.7 Å². The molecule has 0 aliphatic rings. The Kier molecular flexibility index (Phi) is 3.55. The summed E-state index contributed by atoms with van der Waals surface area (Å²) >= 11 is 0. The molecule has 106 valence electrons. The van der Waals surface area contributed by atoms with Crippen LogP contribution in [-0.4, -0.2) is 19.9 Å². The van der Waals surface area contributed by atoms with Crippen LogP contribution in [0.4, 0.5) is 24.5 Å². The standard InChI is InChI=1S/C10H8F3N5O2/c11-10(12,13)9-1-7(8(4-16-9)18(19)20)15-3-6-2-14-5-17-6/h1-2,4-5H,3H2,(H,14,17)(H,15,16). The largest absolute Gasteiger partial charge is 0.433 e. The van der Waals surface area contributed by atoms with Gasteiger partial charge in [0.2, 0.25) is 0 Å². The lowest BCUT2D eigenvalue weighted by Crippen LogP contribution is -2.11. The van der Waals surface area contributed by atoms with E-state index in [0.717, 1.165) is 0 Å². The van der Waals surface area contributed by atoms with Gasteiger partial charge in [0.1, 0.15) is 17.6 Å². The maximum absolute atomic E-state index is 12.5. The van der Waals surface area contributed by atoms with Crippen LogP contribution in [0.15, 0.2) is 24.8 Å². The smallest absolute Gasteiger partial charge is 0.374 e. The lowest BCUT2D eigenvalue weighted by Gasteiger charge is -2.09. The second kappa shape index (κ2) is 5.15. The third kappa shape index (κ3) is 3.02. The molecule has 0 amide bonds. The number of imidazole rings is 1. The van der Waals surface area contributed by atoms with Crippen molar-refractivity contribution in [3.8, 4) is 0 Å². The molecule has 2 heterocycles. The summed E-state index contributed by atoms with van der Waals surface area (Å²) in [5, 5.41) is 13.3.